The molecular weight excluding hydrogens is 404 g/mol. The number of nitrogens with zero attached hydrogens (tertiary/aromatic N) is 5. The predicted molar refractivity (Wildman–Crippen MR) is 123 cm³/mol. The van der Waals surface area contributed by atoms with Gasteiger partial charge in [-0.1, -0.05) is 36.4 Å². The van der Waals surface area contributed by atoms with Crippen LogP contribution in [0.15, 0.2) is 65.7 Å². The van der Waals surface area contributed by atoms with Crippen molar-refractivity contribution >= 4 is 11.7 Å². The maximum atomic E-state index is 13.1. The van der Waals surface area contributed by atoms with Gasteiger partial charge in [0.05, 0.1) is 0 Å². The van der Waals surface area contributed by atoms with Crippen molar-refractivity contribution in [1.29, 1.82) is 0 Å². The monoisotopic (exact) mass is 428 g/mol. The third-order valence-electron chi connectivity index (χ3n) is 5.40. The Labute approximate surface area is 185 Å². The van der Waals surface area contributed by atoms with Crippen molar-refractivity contribution in [3.8, 4) is 22.6 Å². The Hall–Kier alpha value is -4.07. The molecule has 0 aliphatic heterocycles. The van der Waals surface area contributed by atoms with E-state index in [2.05, 4.69) is 20.5 Å². The summed E-state index contributed by atoms with van der Waals surface area (Å²) in [6.45, 7) is 5.91. The number of amides is 1. The van der Waals surface area contributed by atoms with Crippen LogP contribution in [0.5, 0.6) is 0 Å². The van der Waals surface area contributed by atoms with Crippen molar-refractivity contribution in [2.45, 2.75) is 26.8 Å². The van der Waals surface area contributed by atoms with Crippen molar-refractivity contribution in [3.05, 3.63) is 82.5 Å². The van der Waals surface area contributed by atoms with E-state index in [0.717, 1.165) is 16.8 Å². The second-order valence-electron chi connectivity index (χ2n) is 7.81. The normalized spacial score (nSPS) is 11.0. The third-order valence-corrected chi connectivity index (χ3v) is 5.40. The maximum Gasteiger partial charge on any atom is 0.263 e. The van der Waals surface area contributed by atoms with Gasteiger partial charge in [-0.15, -0.1) is 10.2 Å². The number of nitrogens with one attached hydrogen (secondary N) is 1. The van der Waals surface area contributed by atoms with Gasteiger partial charge < -0.3 is 14.5 Å². The summed E-state index contributed by atoms with van der Waals surface area (Å²) in [5.41, 5.74) is 2.80. The molecule has 1 aromatic carbocycles. The molecule has 3 heterocycles. The minimum atomic E-state index is -0.516. The number of pyridine rings is 2. The summed E-state index contributed by atoms with van der Waals surface area (Å²) in [5, 5.41) is 10.9. The lowest BCUT2D eigenvalue weighted by Gasteiger charge is -2.14. The molecule has 0 radical (unpaired) electrons. The molecule has 32 heavy (non-hydrogen) atoms. The first kappa shape index (κ1) is 21.2. The summed E-state index contributed by atoms with van der Waals surface area (Å²) >= 11 is 0. The molecule has 0 atom stereocenters. The van der Waals surface area contributed by atoms with E-state index in [-0.39, 0.29) is 17.2 Å². The molecule has 0 aliphatic rings. The average Bonchev–Trinajstić information content (AvgIpc) is 3.29. The highest BCUT2D eigenvalue weighted by molar-refractivity contribution is 6.04. The Morgan fingerprint density at radius 2 is 1.81 bits per heavy atom. The number of aromatic nitrogens is 5. The SMILES string of the molecule is Cc1c(-c2ccccc2)cc(C(=O)Nc2cccc(-c3nncn3C(C)C)n2)c(=O)n1C. The van der Waals surface area contributed by atoms with E-state index in [9.17, 15) is 9.59 Å². The number of carbonyl (C=O) groups is 1. The number of carbonyl (C=O) groups excluding carboxylic acids is 1. The fourth-order valence-corrected chi connectivity index (χ4v) is 3.51. The van der Waals surface area contributed by atoms with E-state index in [1.165, 1.54) is 4.57 Å². The summed E-state index contributed by atoms with van der Waals surface area (Å²) in [5.74, 6) is 0.418. The standard InChI is InChI=1S/C24H24N6O2/c1-15(2)30-14-25-28-22(30)20-11-8-12-21(26-20)27-23(31)19-13-18(16(3)29(4)24(19)32)17-9-6-5-7-10-17/h5-15H,1-4H3,(H,26,27,31). The minimum absolute atomic E-state index is 0.0505. The Bertz CT molecular complexity index is 1340. The zero-order valence-corrected chi connectivity index (χ0v) is 18.4. The first-order valence-corrected chi connectivity index (χ1v) is 10.3. The minimum Gasteiger partial charge on any atom is -0.315 e. The average molecular weight is 428 g/mol. The lowest BCUT2D eigenvalue weighted by Crippen LogP contribution is -2.29. The highest BCUT2D eigenvalue weighted by atomic mass is 16.2. The first-order valence-electron chi connectivity index (χ1n) is 10.3. The van der Waals surface area contributed by atoms with Crippen LogP contribution in [0.4, 0.5) is 5.82 Å². The number of hydrogen-bond donors (Lipinski definition) is 1. The van der Waals surface area contributed by atoms with Crippen LogP contribution >= 0.6 is 0 Å². The molecule has 1 amide bonds. The molecule has 4 aromatic rings. The molecule has 0 fully saturated rings. The Balaban J connectivity index is 1.69. The number of benzene rings is 1. The summed E-state index contributed by atoms with van der Waals surface area (Å²) in [6.07, 6.45) is 1.65. The van der Waals surface area contributed by atoms with Crippen LogP contribution in [-0.4, -0.2) is 30.2 Å². The van der Waals surface area contributed by atoms with E-state index in [1.807, 2.05) is 55.7 Å². The van der Waals surface area contributed by atoms with Gasteiger partial charge >= 0.3 is 0 Å². The number of rotatable bonds is 5. The lowest BCUT2D eigenvalue weighted by molar-refractivity contribution is 0.102. The highest BCUT2D eigenvalue weighted by Crippen LogP contribution is 2.23. The van der Waals surface area contributed by atoms with Crippen LogP contribution in [0, 0.1) is 6.92 Å². The topological polar surface area (TPSA) is 94.7 Å². The van der Waals surface area contributed by atoms with Gasteiger partial charge in [-0.25, -0.2) is 4.98 Å². The summed E-state index contributed by atoms with van der Waals surface area (Å²) in [6, 6.07) is 16.7. The van der Waals surface area contributed by atoms with Crippen LogP contribution in [0.2, 0.25) is 0 Å². The number of hydrogen-bond acceptors (Lipinski definition) is 5. The number of anilines is 1. The van der Waals surface area contributed by atoms with Gasteiger partial charge in [0, 0.05) is 24.3 Å². The molecule has 162 valence electrons. The molecule has 8 nitrogen and oxygen atoms in total. The third kappa shape index (κ3) is 3.94. The van der Waals surface area contributed by atoms with Gasteiger partial charge in [0.1, 0.15) is 23.4 Å². The Kier molecular flexibility index (Phi) is 5.68. The molecule has 0 aliphatic carbocycles. The fraction of sp³-hybridized carbons (Fsp3) is 0.208. The summed E-state index contributed by atoms with van der Waals surface area (Å²) in [7, 11) is 1.67. The van der Waals surface area contributed by atoms with Crippen LogP contribution in [0.25, 0.3) is 22.6 Å². The fourth-order valence-electron chi connectivity index (χ4n) is 3.51. The van der Waals surface area contributed by atoms with Crippen LogP contribution in [-0.2, 0) is 7.05 Å². The first-order chi connectivity index (χ1) is 15.4. The second kappa shape index (κ2) is 8.58. The molecule has 1 N–H and O–H groups in total. The van der Waals surface area contributed by atoms with Gasteiger partial charge in [-0.2, -0.15) is 0 Å². The summed E-state index contributed by atoms with van der Waals surface area (Å²) < 4.78 is 3.39. The zero-order valence-electron chi connectivity index (χ0n) is 18.4. The molecule has 0 spiro atoms. The largest absolute Gasteiger partial charge is 0.315 e. The lowest BCUT2D eigenvalue weighted by atomic mass is 10.0. The van der Waals surface area contributed by atoms with Gasteiger partial charge in [0.15, 0.2) is 5.82 Å². The molecule has 3 aromatic heterocycles. The molecule has 0 saturated carbocycles. The van der Waals surface area contributed by atoms with Crippen molar-refractivity contribution in [2.75, 3.05) is 5.32 Å². The van der Waals surface area contributed by atoms with Crippen molar-refractivity contribution in [2.24, 2.45) is 7.05 Å². The van der Waals surface area contributed by atoms with E-state index < -0.39 is 5.91 Å². The Morgan fingerprint density at radius 3 is 2.53 bits per heavy atom. The quantitative estimate of drug-likeness (QED) is 0.521. The van der Waals surface area contributed by atoms with Crippen LogP contribution in [0.1, 0.15) is 35.9 Å². The van der Waals surface area contributed by atoms with E-state index >= 15 is 0 Å². The maximum absolute atomic E-state index is 13.1. The second-order valence-corrected chi connectivity index (χ2v) is 7.81. The van der Waals surface area contributed by atoms with Crippen molar-refractivity contribution in [3.63, 3.8) is 0 Å². The zero-order chi connectivity index (χ0) is 22.8. The van der Waals surface area contributed by atoms with Crippen LogP contribution < -0.4 is 10.9 Å². The molecule has 0 saturated heterocycles. The predicted octanol–water partition coefficient (Wildman–Crippen LogP) is 3.85. The van der Waals surface area contributed by atoms with Crippen molar-refractivity contribution in [1.82, 2.24) is 24.3 Å². The molecule has 0 unspecified atom stereocenters. The Morgan fingerprint density at radius 1 is 1.06 bits per heavy atom. The van der Waals surface area contributed by atoms with Crippen LogP contribution in [0.3, 0.4) is 0 Å². The van der Waals surface area contributed by atoms with Gasteiger partial charge in [-0.3, -0.25) is 9.59 Å². The molecular formula is C24H24N6O2. The van der Waals surface area contributed by atoms with Gasteiger partial charge in [-0.05, 0) is 44.5 Å². The molecule has 8 heteroatoms. The van der Waals surface area contributed by atoms with Gasteiger partial charge in [0.25, 0.3) is 11.5 Å². The van der Waals surface area contributed by atoms with Crippen molar-refractivity contribution < 1.29 is 4.79 Å². The summed E-state index contributed by atoms with van der Waals surface area (Å²) in [4.78, 5) is 30.4. The van der Waals surface area contributed by atoms with Gasteiger partial charge in [0.2, 0.25) is 0 Å². The molecule has 4 rings (SSSR count). The van der Waals surface area contributed by atoms with E-state index in [0.29, 0.717) is 17.3 Å². The van der Waals surface area contributed by atoms with E-state index in [4.69, 9.17) is 0 Å². The highest BCUT2D eigenvalue weighted by Gasteiger charge is 2.18. The smallest absolute Gasteiger partial charge is 0.263 e. The molecule has 0 bridgehead atoms. The van der Waals surface area contributed by atoms with E-state index in [1.54, 1.807) is 37.6 Å².